The SMILES string of the molecule is C/C(=N/N=C1/S[C@H](CC(=O)O)C(=O)N1c1ccccc1)c1ccco1. The Labute approximate surface area is 148 Å². The van der Waals surface area contributed by atoms with Gasteiger partial charge in [0.2, 0.25) is 5.91 Å². The number of carbonyl (C=O) groups is 2. The Morgan fingerprint density at radius 2 is 2.04 bits per heavy atom. The molecule has 1 amide bonds. The first-order chi connectivity index (χ1) is 12.1. The molecule has 1 saturated heterocycles. The highest BCUT2D eigenvalue weighted by atomic mass is 32.2. The number of thioether (sulfide) groups is 1. The second-order valence-corrected chi connectivity index (χ2v) is 6.43. The number of carbonyl (C=O) groups excluding carboxylic acids is 1. The van der Waals surface area contributed by atoms with Crippen LogP contribution in [0, 0.1) is 0 Å². The van der Waals surface area contributed by atoms with Crippen LogP contribution in [-0.4, -0.2) is 33.1 Å². The summed E-state index contributed by atoms with van der Waals surface area (Å²) in [6.45, 7) is 1.74. The number of carboxylic acids is 1. The van der Waals surface area contributed by atoms with E-state index in [1.807, 2.05) is 6.07 Å². The average Bonchev–Trinajstić information content (AvgIpc) is 3.22. The van der Waals surface area contributed by atoms with Gasteiger partial charge in [-0.05, 0) is 31.2 Å². The van der Waals surface area contributed by atoms with E-state index < -0.39 is 11.2 Å². The fraction of sp³-hybridized carbons (Fsp3) is 0.176. The van der Waals surface area contributed by atoms with Crippen LogP contribution < -0.4 is 4.90 Å². The predicted molar refractivity (Wildman–Crippen MR) is 95.9 cm³/mol. The highest BCUT2D eigenvalue weighted by Crippen LogP contribution is 2.33. The van der Waals surface area contributed by atoms with Crippen LogP contribution >= 0.6 is 11.8 Å². The van der Waals surface area contributed by atoms with Crippen molar-refractivity contribution in [1.82, 2.24) is 0 Å². The lowest BCUT2D eigenvalue weighted by Gasteiger charge is -2.15. The molecule has 2 aromatic rings. The number of furan rings is 1. The first-order valence-corrected chi connectivity index (χ1v) is 8.38. The molecule has 0 radical (unpaired) electrons. The Bertz CT molecular complexity index is 831. The van der Waals surface area contributed by atoms with Crippen molar-refractivity contribution in [2.75, 3.05) is 4.90 Å². The van der Waals surface area contributed by atoms with Crippen molar-refractivity contribution in [3.8, 4) is 0 Å². The Kier molecular flexibility index (Phi) is 4.99. The molecule has 0 bridgehead atoms. The van der Waals surface area contributed by atoms with Gasteiger partial charge in [0.25, 0.3) is 0 Å². The molecule has 0 aliphatic carbocycles. The summed E-state index contributed by atoms with van der Waals surface area (Å²) < 4.78 is 5.25. The van der Waals surface area contributed by atoms with Gasteiger partial charge in [0.1, 0.15) is 16.7 Å². The van der Waals surface area contributed by atoms with Crippen LogP contribution in [0.1, 0.15) is 19.1 Å². The lowest BCUT2D eigenvalue weighted by molar-refractivity contribution is -0.138. The third-order valence-corrected chi connectivity index (χ3v) is 4.60. The van der Waals surface area contributed by atoms with Crippen LogP contribution in [0.15, 0.2) is 63.3 Å². The maximum absolute atomic E-state index is 12.6. The van der Waals surface area contributed by atoms with Crippen molar-refractivity contribution in [2.24, 2.45) is 10.2 Å². The molecule has 7 nitrogen and oxygen atoms in total. The molecule has 0 saturated carbocycles. The van der Waals surface area contributed by atoms with Crippen LogP contribution in [-0.2, 0) is 9.59 Å². The lowest BCUT2D eigenvalue weighted by atomic mass is 10.2. The fourth-order valence-corrected chi connectivity index (χ4v) is 3.37. The number of amidine groups is 1. The largest absolute Gasteiger partial charge is 0.481 e. The van der Waals surface area contributed by atoms with E-state index >= 15 is 0 Å². The van der Waals surface area contributed by atoms with Gasteiger partial charge in [0, 0.05) is 0 Å². The van der Waals surface area contributed by atoms with E-state index in [4.69, 9.17) is 9.52 Å². The van der Waals surface area contributed by atoms with Gasteiger partial charge >= 0.3 is 5.97 Å². The molecule has 1 N–H and O–H groups in total. The van der Waals surface area contributed by atoms with Gasteiger partial charge in [-0.1, -0.05) is 30.0 Å². The summed E-state index contributed by atoms with van der Waals surface area (Å²) in [5.41, 5.74) is 1.18. The Balaban J connectivity index is 1.94. The van der Waals surface area contributed by atoms with Crippen LogP contribution in [0.5, 0.6) is 0 Å². The van der Waals surface area contributed by atoms with Crippen molar-refractivity contribution in [1.29, 1.82) is 0 Å². The second-order valence-electron chi connectivity index (χ2n) is 5.26. The quantitative estimate of drug-likeness (QED) is 0.655. The van der Waals surface area contributed by atoms with Crippen LogP contribution in [0.3, 0.4) is 0 Å². The number of hydrogen-bond acceptors (Lipinski definition) is 6. The zero-order chi connectivity index (χ0) is 17.8. The molecule has 1 aromatic heterocycles. The van der Waals surface area contributed by atoms with Crippen LogP contribution in [0.4, 0.5) is 5.69 Å². The summed E-state index contributed by atoms with van der Waals surface area (Å²) in [6.07, 6.45) is 1.27. The fourth-order valence-electron chi connectivity index (χ4n) is 2.29. The minimum atomic E-state index is -1.03. The molecular weight excluding hydrogens is 342 g/mol. The molecular formula is C17H15N3O4S. The maximum atomic E-state index is 12.6. The minimum Gasteiger partial charge on any atom is -0.481 e. The highest BCUT2D eigenvalue weighted by molar-refractivity contribution is 8.16. The summed E-state index contributed by atoms with van der Waals surface area (Å²) in [7, 11) is 0. The smallest absolute Gasteiger partial charge is 0.305 e. The predicted octanol–water partition coefficient (Wildman–Crippen LogP) is 2.98. The number of para-hydroxylation sites is 1. The number of hydrogen-bond donors (Lipinski definition) is 1. The molecule has 0 spiro atoms. The third-order valence-electron chi connectivity index (χ3n) is 3.47. The number of aliphatic carboxylic acids is 1. The monoisotopic (exact) mass is 357 g/mol. The average molecular weight is 357 g/mol. The Morgan fingerprint density at radius 1 is 1.28 bits per heavy atom. The molecule has 8 heteroatoms. The van der Waals surface area contributed by atoms with E-state index in [9.17, 15) is 9.59 Å². The first kappa shape index (κ1) is 17.0. The van der Waals surface area contributed by atoms with E-state index in [1.54, 1.807) is 43.3 Å². The number of anilines is 1. The summed E-state index contributed by atoms with van der Waals surface area (Å²) in [5.74, 6) is -0.773. The third kappa shape index (κ3) is 3.80. The molecule has 1 atom stereocenters. The van der Waals surface area contributed by atoms with E-state index in [-0.39, 0.29) is 12.3 Å². The summed E-state index contributed by atoms with van der Waals surface area (Å²) in [4.78, 5) is 25.0. The molecule has 0 unspecified atom stereocenters. The Morgan fingerprint density at radius 3 is 2.68 bits per heavy atom. The minimum absolute atomic E-state index is 0.271. The van der Waals surface area contributed by atoms with Gasteiger partial charge in [-0.3, -0.25) is 14.5 Å². The maximum Gasteiger partial charge on any atom is 0.305 e. The standard InChI is InChI=1S/C17H15N3O4S/c1-11(13-8-5-9-24-13)18-19-17-20(12-6-3-2-4-7-12)16(23)14(25-17)10-15(21)22/h2-9,14H,10H2,1H3,(H,21,22)/b18-11-,19-17+/t14-/m1/s1. The van der Waals surface area contributed by atoms with Gasteiger partial charge in [-0.25, -0.2) is 0 Å². The van der Waals surface area contributed by atoms with Crippen molar-refractivity contribution in [3.05, 3.63) is 54.5 Å². The van der Waals surface area contributed by atoms with Gasteiger partial charge in [-0.15, -0.1) is 10.2 Å². The van der Waals surface area contributed by atoms with Crippen molar-refractivity contribution < 1.29 is 19.1 Å². The zero-order valence-electron chi connectivity index (χ0n) is 13.3. The number of amides is 1. The van der Waals surface area contributed by atoms with E-state index in [2.05, 4.69) is 10.2 Å². The van der Waals surface area contributed by atoms with Crippen LogP contribution in [0.2, 0.25) is 0 Å². The van der Waals surface area contributed by atoms with Gasteiger partial charge < -0.3 is 9.52 Å². The molecule has 128 valence electrons. The van der Waals surface area contributed by atoms with E-state index in [0.29, 0.717) is 22.3 Å². The van der Waals surface area contributed by atoms with Gasteiger partial charge in [-0.2, -0.15) is 0 Å². The molecule has 3 rings (SSSR count). The summed E-state index contributed by atoms with van der Waals surface area (Å²) in [5, 5.41) is 16.9. The summed E-state index contributed by atoms with van der Waals surface area (Å²) >= 11 is 1.10. The molecule has 2 heterocycles. The van der Waals surface area contributed by atoms with E-state index in [0.717, 1.165) is 11.8 Å². The zero-order valence-corrected chi connectivity index (χ0v) is 14.1. The van der Waals surface area contributed by atoms with Crippen molar-refractivity contribution in [2.45, 2.75) is 18.6 Å². The van der Waals surface area contributed by atoms with Gasteiger partial charge in [0.05, 0.1) is 18.4 Å². The molecule has 25 heavy (non-hydrogen) atoms. The molecule has 1 aromatic carbocycles. The lowest BCUT2D eigenvalue weighted by Crippen LogP contribution is -2.32. The highest BCUT2D eigenvalue weighted by Gasteiger charge is 2.40. The molecule has 1 fully saturated rings. The van der Waals surface area contributed by atoms with Crippen molar-refractivity contribution >= 4 is 40.2 Å². The first-order valence-electron chi connectivity index (χ1n) is 7.50. The second kappa shape index (κ2) is 7.35. The van der Waals surface area contributed by atoms with Gasteiger partial charge in [0.15, 0.2) is 5.17 Å². The van der Waals surface area contributed by atoms with E-state index in [1.165, 1.54) is 11.2 Å². The number of rotatable bonds is 5. The summed E-state index contributed by atoms with van der Waals surface area (Å²) in [6, 6.07) is 12.5. The number of carboxylic acid groups (broad SMARTS) is 1. The number of benzene rings is 1. The normalized spacial score (nSPS) is 19.6. The molecule has 1 aliphatic rings. The van der Waals surface area contributed by atoms with Crippen molar-refractivity contribution in [3.63, 3.8) is 0 Å². The topological polar surface area (TPSA) is 95.5 Å². The van der Waals surface area contributed by atoms with Crippen LogP contribution in [0.25, 0.3) is 0 Å². The molecule has 1 aliphatic heterocycles. The number of nitrogens with zero attached hydrogens (tertiary/aromatic N) is 3. The Hall–Kier alpha value is -2.87.